The summed E-state index contributed by atoms with van der Waals surface area (Å²) < 4.78 is 0. The smallest absolute Gasteiger partial charge is 0.389 e. The first-order valence-corrected chi connectivity index (χ1v) is 18.5. The molecule has 8 bridgehead atoms. The molecular formula is C39H52Gd2N10O9+4. The molecule has 0 radical (unpaired) electrons. The van der Waals surface area contributed by atoms with Gasteiger partial charge in [-0.3, -0.25) is 39.2 Å². The maximum absolute atomic E-state index is 13.3. The van der Waals surface area contributed by atoms with Crippen LogP contribution in [0, 0.1) is 89.7 Å². The van der Waals surface area contributed by atoms with Crippen LogP contribution >= 0.6 is 0 Å². The first kappa shape index (κ1) is 54.1. The number of hydrogen-bond donors (Lipinski definition) is 7. The van der Waals surface area contributed by atoms with E-state index in [4.69, 9.17) is 30.6 Å². The molecule has 0 fully saturated rings. The Hall–Kier alpha value is -3.95. The Balaban J connectivity index is 0.00000165. The van der Waals surface area contributed by atoms with Gasteiger partial charge >= 0.3 is 50.1 Å². The number of nitrogens with zero attached hydrogens (tertiary/aromatic N) is 7. The SMILES string of the molecule is CC1=CC2=CNCCN3CCNC=C4C=C(C)C=C(C=NCCN(CCN=CC(=C1)C2=O)CCN=CC1=CC(C)=CC(=CNCC3)C1=O)C4=O.O=[N+](O)O.O=[N+](O)O.[Gd+2].[Gd]. The summed E-state index contributed by atoms with van der Waals surface area (Å²) in [5.41, 5.74) is 6.47. The van der Waals surface area contributed by atoms with Crippen LogP contribution in [0.15, 0.2) is 120 Å². The number of carbonyl (C=O) groups excluding carboxylic acids is 3. The van der Waals surface area contributed by atoms with Gasteiger partial charge in [0.05, 0.1) is 19.6 Å². The average molecular weight is 1120 g/mol. The summed E-state index contributed by atoms with van der Waals surface area (Å²) in [5.74, 6) is -0.167. The average Bonchev–Trinajstić information content (AvgIpc) is 3.14. The van der Waals surface area contributed by atoms with Gasteiger partial charge in [-0.05, 0) is 73.9 Å². The van der Waals surface area contributed by atoms with Gasteiger partial charge in [0.1, 0.15) is 9.81 Å². The van der Waals surface area contributed by atoms with Crippen molar-refractivity contribution in [2.75, 3.05) is 78.5 Å². The number of rotatable bonds is 0. The van der Waals surface area contributed by atoms with E-state index in [1.807, 2.05) is 57.2 Å². The fourth-order valence-electron chi connectivity index (χ4n) is 6.07. The Kier molecular flexibility index (Phi) is 26.4. The molecule has 6 rings (SSSR count). The third-order valence-corrected chi connectivity index (χ3v) is 8.69. The first-order chi connectivity index (χ1) is 27.7. The van der Waals surface area contributed by atoms with Gasteiger partial charge in [0, 0.05) is 170 Å². The molecule has 19 nitrogen and oxygen atoms in total. The van der Waals surface area contributed by atoms with E-state index < -0.39 is 10.2 Å². The molecule has 0 atom stereocenters. The van der Waals surface area contributed by atoms with E-state index >= 15 is 0 Å². The van der Waals surface area contributed by atoms with Crippen molar-refractivity contribution >= 4 is 36.0 Å². The van der Waals surface area contributed by atoms with E-state index in [2.05, 4.69) is 40.7 Å². The standard InChI is InChI=1S/C39H48N8O3.2Gd.2H2NO3/c1-28-16-31-22-40-4-10-46-12-6-42-24-33-18-29(2)19-34(38(33)49)25-43-7-13-47(11-5-41-23-32(17-28)37(31)48)15-9-45-27-36-21-30(3)20-35(39(36)50)26-44-8-14-46;;;2*2-1(3)4/h16-27,40,42,44H,4-15H2,1-3H3;;;2*(H2,2,3,4)/q;;+2;2*+1. The van der Waals surface area contributed by atoms with Crippen LogP contribution in [0.1, 0.15) is 20.8 Å². The topological polar surface area (TPSA) is 252 Å². The number of ketones is 3. The summed E-state index contributed by atoms with van der Waals surface area (Å²) in [5, 5.41) is 35.1. The Morgan fingerprint density at radius 2 is 0.733 bits per heavy atom. The quantitative estimate of drug-likeness (QED) is 0.171. The van der Waals surface area contributed by atoms with Gasteiger partial charge in [-0.1, -0.05) is 0 Å². The molecule has 0 saturated heterocycles. The minimum Gasteiger partial charge on any atom is -0.389 e. The van der Waals surface area contributed by atoms with E-state index in [0.29, 0.717) is 112 Å². The van der Waals surface area contributed by atoms with Crippen molar-refractivity contribution < 1.29 is 125 Å². The monoisotopic (exact) mass is 1120 g/mol. The number of allylic oxidation sites excluding steroid dienone is 15. The van der Waals surface area contributed by atoms with Crippen LogP contribution in [0.4, 0.5) is 0 Å². The van der Waals surface area contributed by atoms with Crippen molar-refractivity contribution in [2.45, 2.75) is 20.8 Å². The molecule has 21 heteroatoms. The predicted molar refractivity (Wildman–Crippen MR) is 216 cm³/mol. The molecule has 0 aromatic heterocycles. The molecule has 3 aliphatic carbocycles. The van der Waals surface area contributed by atoms with Crippen LogP contribution in [0.25, 0.3) is 0 Å². The summed E-state index contributed by atoms with van der Waals surface area (Å²) in [6.07, 6.45) is 21.7. The molecule has 324 valence electrons. The van der Waals surface area contributed by atoms with Gasteiger partial charge in [0.2, 0.25) is 0 Å². The molecule has 3 aliphatic heterocycles. The van der Waals surface area contributed by atoms with E-state index in [0.717, 1.165) is 16.7 Å². The second-order valence-electron chi connectivity index (χ2n) is 13.4. The van der Waals surface area contributed by atoms with Crippen LogP contribution in [0.3, 0.4) is 0 Å². The predicted octanol–water partition coefficient (Wildman–Crippen LogP) is 1.70. The molecule has 0 aromatic rings. The Morgan fingerprint density at radius 1 is 0.483 bits per heavy atom. The number of Topliss-reactive ketones (excluding diaryl/α,β-unsaturated/α-hetero) is 3. The van der Waals surface area contributed by atoms with Gasteiger partial charge in [-0.15, -0.1) is 0 Å². The van der Waals surface area contributed by atoms with Gasteiger partial charge in [-0.2, -0.15) is 0 Å². The number of fused-ring (bicyclic) bond motifs is 15. The van der Waals surface area contributed by atoms with Crippen LogP contribution in [0.5, 0.6) is 0 Å². The summed E-state index contributed by atoms with van der Waals surface area (Å²) >= 11 is 0. The van der Waals surface area contributed by atoms with E-state index in [1.54, 1.807) is 37.2 Å². The molecule has 3 heterocycles. The van der Waals surface area contributed by atoms with Crippen molar-refractivity contribution in [3.05, 3.63) is 115 Å². The maximum atomic E-state index is 13.3. The molecule has 7 N–H and O–H groups in total. The molecule has 0 aromatic carbocycles. The van der Waals surface area contributed by atoms with Gasteiger partial charge in [0.25, 0.3) is 0 Å². The molecular weight excluding hydrogens is 1070 g/mol. The Labute approximate surface area is 412 Å². The van der Waals surface area contributed by atoms with E-state index in [9.17, 15) is 14.4 Å². The second kappa shape index (κ2) is 29.3. The third-order valence-electron chi connectivity index (χ3n) is 8.69. The summed E-state index contributed by atoms with van der Waals surface area (Å²) in [6.45, 7) is 13.3. The molecule has 60 heavy (non-hydrogen) atoms. The van der Waals surface area contributed by atoms with Gasteiger partial charge in [0.15, 0.2) is 17.3 Å². The van der Waals surface area contributed by atoms with Crippen molar-refractivity contribution in [3.8, 4) is 0 Å². The van der Waals surface area contributed by atoms with Crippen molar-refractivity contribution in [2.24, 2.45) is 15.0 Å². The van der Waals surface area contributed by atoms with Crippen molar-refractivity contribution in [1.29, 1.82) is 0 Å². The summed E-state index contributed by atoms with van der Waals surface area (Å²) in [7, 11) is 0. The van der Waals surface area contributed by atoms with E-state index in [-0.39, 0.29) is 97.2 Å². The zero-order chi connectivity index (χ0) is 42.5. The first-order valence-electron chi connectivity index (χ1n) is 18.5. The van der Waals surface area contributed by atoms with Crippen LogP contribution in [-0.4, -0.2) is 155 Å². The minimum atomic E-state index is -1.25. The molecule has 0 unspecified atom stereocenters. The van der Waals surface area contributed by atoms with Crippen LogP contribution < -0.4 is 16.0 Å². The molecule has 6 aliphatic rings. The third kappa shape index (κ3) is 20.5. The van der Waals surface area contributed by atoms with Crippen LogP contribution in [-0.2, 0) is 14.4 Å². The normalized spacial score (nSPS) is 21.4. The molecule has 0 spiro atoms. The second-order valence-corrected chi connectivity index (χ2v) is 13.4. The van der Waals surface area contributed by atoms with Crippen LogP contribution in [0.2, 0.25) is 0 Å². The van der Waals surface area contributed by atoms with Gasteiger partial charge < -0.3 is 16.0 Å². The fourth-order valence-corrected chi connectivity index (χ4v) is 6.07. The zero-order valence-electron chi connectivity index (χ0n) is 33.6. The number of nitrogens with one attached hydrogen (secondary N) is 3. The van der Waals surface area contributed by atoms with Gasteiger partial charge in [-0.25, -0.2) is 20.8 Å². The van der Waals surface area contributed by atoms with Crippen molar-refractivity contribution in [3.63, 3.8) is 0 Å². The Bertz CT molecular complexity index is 1740. The molecule has 0 saturated carbocycles. The number of aliphatic imine (C=N–C) groups is 3. The van der Waals surface area contributed by atoms with E-state index in [1.165, 1.54) is 0 Å². The summed E-state index contributed by atoms with van der Waals surface area (Å²) in [4.78, 5) is 75.2. The zero-order valence-corrected chi connectivity index (χ0v) is 38.1. The summed E-state index contributed by atoms with van der Waals surface area (Å²) in [6, 6.07) is 0. The molecule has 0 amide bonds. The number of hydrogen-bond acceptors (Lipinski definition) is 13. The number of carbonyl (C=O) groups is 3. The minimum absolute atomic E-state index is 0. The van der Waals surface area contributed by atoms with Crippen molar-refractivity contribution in [1.82, 2.24) is 25.8 Å². The Morgan fingerprint density at radius 3 is 1.00 bits per heavy atom. The fraction of sp³-hybridized carbons (Fsp3) is 0.385. The largest absolute Gasteiger partial charge is 2.00 e. The maximum Gasteiger partial charge on any atom is 2.00 e.